The average molecular weight is 417 g/mol. The Kier molecular flexibility index (Phi) is 6.23. The molecular formula is C26H28N2O3. The molecule has 0 unspecified atom stereocenters. The Morgan fingerprint density at radius 1 is 1.03 bits per heavy atom. The van der Waals surface area contributed by atoms with Gasteiger partial charge in [0, 0.05) is 12.2 Å². The molecule has 3 aromatic rings. The monoisotopic (exact) mass is 416 g/mol. The summed E-state index contributed by atoms with van der Waals surface area (Å²) in [6.45, 7) is 5.02. The highest BCUT2D eigenvalue weighted by Crippen LogP contribution is 2.32. The standard InChI is InChI=1S/C26H28N2O3/c1-18-13-14-19(2)22(15-18)27-26(29)25(20-9-5-4-6-10-20)28(3)16-21-17-30-23-11-7-8-12-24(23)31-21/h4-15,21,25H,16-17H2,1-3H3,(H,27,29)/t21-,25+/m1/s1. The molecule has 1 heterocycles. The number of anilines is 1. The highest BCUT2D eigenvalue weighted by atomic mass is 16.6. The molecule has 0 saturated carbocycles. The SMILES string of the molecule is Cc1ccc(C)c(NC(=O)[C@H](c2ccccc2)N(C)C[C@@H]2COc3ccccc3O2)c1. The summed E-state index contributed by atoms with van der Waals surface area (Å²) in [5, 5.41) is 3.13. The topological polar surface area (TPSA) is 50.8 Å². The van der Waals surface area contributed by atoms with Crippen LogP contribution in [-0.4, -0.2) is 37.1 Å². The third-order valence-electron chi connectivity index (χ3n) is 5.51. The Morgan fingerprint density at radius 2 is 1.74 bits per heavy atom. The van der Waals surface area contributed by atoms with Gasteiger partial charge in [-0.25, -0.2) is 0 Å². The van der Waals surface area contributed by atoms with E-state index in [1.165, 1.54) is 0 Å². The lowest BCUT2D eigenvalue weighted by atomic mass is 10.0. The van der Waals surface area contributed by atoms with Crippen molar-refractivity contribution < 1.29 is 14.3 Å². The number of hydrogen-bond donors (Lipinski definition) is 1. The first-order valence-corrected chi connectivity index (χ1v) is 10.5. The molecule has 0 aliphatic carbocycles. The first kappa shape index (κ1) is 20.9. The number of nitrogens with one attached hydrogen (secondary N) is 1. The minimum Gasteiger partial charge on any atom is -0.486 e. The molecule has 3 aromatic carbocycles. The Balaban J connectivity index is 1.54. The van der Waals surface area contributed by atoms with Gasteiger partial charge in [0.25, 0.3) is 0 Å². The number of nitrogens with zero attached hydrogens (tertiary/aromatic N) is 1. The normalized spacial score (nSPS) is 16.1. The second kappa shape index (κ2) is 9.23. The molecule has 1 aliphatic heterocycles. The number of ether oxygens (including phenoxy) is 2. The van der Waals surface area contributed by atoms with Crippen LogP contribution in [0.3, 0.4) is 0 Å². The summed E-state index contributed by atoms with van der Waals surface area (Å²) in [6, 6.07) is 23.1. The van der Waals surface area contributed by atoms with Crippen LogP contribution in [0.2, 0.25) is 0 Å². The molecule has 0 saturated heterocycles. The lowest BCUT2D eigenvalue weighted by Crippen LogP contribution is -2.43. The molecule has 2 atom stereocenters. The fourth-order valence-corrected chi connectivity index (χ4v) is 3.89. The van der Waals surface area contributed by atoms with Gasteiger partial charge < -0.3 is 14.8 Å². The van der Waals surface area contributed by atoms with Crippen LogP contribution in [0.5, 0.6) is 11.5 Å². The van der Waals surface area contributed by atoms with Crippen LogP contribution in [0.1, 0.15) is 22.7 Å². The van der Waals surface area contributed by atoms with Crippen LogP contribution >= 0.6 is 0 Å². The molecule has 31 heavy (non-hydrogen) atoms. The minimum atomic E-state index is -0.457. The third-order valence-corrected chi connectivity index (χ3v) is 5.51. The Hall–Kier alpha value is -3.31. The summed E-state index contributed by atoms with van der Waals surface area (Å²) in [7, 11) is 1.95. The van der Waals surface area contributed by atoms with E-state index < -0.39 is 6.04 Å². The molecule has 5 heteroatoms. The van der Waals surface area contributed by atoms with Gasteiger partial charge in [-0.3, -0.25) is 9.69 Å². The van der Waals surface area contributed by atoms with Gasteiger partial charge >= 0.3 is 0 Å². The first-order valence-electron chi connectivity index (χ1n) is 10.5. The summed E-state index contributed by atoms with van der Waals surface area (Å²) >= 11 is 0. The third kappa shape index (κ3) is 4.89. The van der Waals surface area contributed by atoms with Gasteiger partial charge in [0.05, 0.1) is 0 Å². The van der Waals surface area contributed by atoms with Crippen molar-refractivity contribution >= 4 is 11.6 Å². The Morgan fingerprint density at radius 3 is 2.52 bits per heavy atom. The van der Waals surface area contributed by atoms with E-state index in [1.807, 2.05) is 98.6 Å². The zero-order valence-corrected chi connectivity index (χ0v) is 18.2. The fourth-order valence-electron chi connectivity index (χ4n) is 3.89. The zero-order valence-electron chi connectivity index (χ0n) is 18.2. The van der Waals surface area contributed by atoms with E-state index in [2.05, 4.69) is 5.32 Å². The number of rotatable bonds is 6. The van der Waals surface area contributed by atoms with Crippen LogP contribution in [0.25, 0.3) is 0 Å². The predicted molar refractivity (Wildman–Crippen MR) is 123 cm³/mol. The minimum absolute atomic E-state index is 0.0699. The summed E-state index contributed by atoms with van der Waals surface area (Å²) < 4.78 is 12.0. The molecule has 5 nitrogen and oxygen atoms in total. The van der Waals surface area contributed by atoms with Crippen LogP contribution in [-0.2, 0) is 4.79 Å². The lowest BCUT2D eigenvalue weighted by molar-refractivity contribution is -0.121. The Labute approximate surface area is 183 Å². The van der Waals surface area contributed by atoms with Gasteiger partial charge in [-0.15, -0.1) is 0 Å². The van der Waals surface area contributed by atoms with E-state index in [4.69, 9.17) is 9.47 Å². The van der Waals surface area contributed by atoms with Crippen molar-refractivity contribution in [3.05, 3.63) is 89.5 Å². The predicted octanol–water partition coefficient (Wildman–Crippen LogP) is 4.76. The summed E-state index contributed by atoms with van der Waals surface area (Å²) in [5.41, 5.74) is 3.92. The maximum atomic E-state index is 13.4. The van der Waals surface area contributed by atoms with Crippen molar-refractivity contribution in [3.63, 3.8) is 0 Å². The second-order valence-electron chi connectivity index (χ2n) is 8.06. The number of para-hydroxylation sites is 2. The molecule has 1 N–H and O–H groups in total. The molecule has 0 radical (unpaired) electrons. The van der Waals surface area contributed by atoms with E-state index in [0.717, 1.165) is 33.9 Å². The zero-order chi connectivity index (χ0) is 21.8. The maximum absolute atomic E-state index is 13.4. The van der Waals surface area contributed by atoms with E-state index in [9.17, 15) is 4.79 Å². The Bertz CT molecular complexity index is 1050. The maximum Gasteiger partial charge on any atom is 0.246 e. The van der Waals surface area contributed by atoms with Crippen molar-refractivity contribution in [1.29, 1.82) is 0 Å². The van der Waals surface area contributed by atoms with Crippen LogP contribution in [0.15, 0.2) is 72.8 Å². The highest BCUT2D eigenvalue weighted by Gasteiger charge is 2.30. The van der Waals surface area contributed by atoms with Crippen molar-refractivity contribution in [2.45, 2.75) is 26.0 Å². The lowest BCUT2D eigenvalue weighted by Gasteiger charge is -2.33. The fraction of sp³-hybridized carbons (Fsp3) is 0.269. The van der Waals surface area contributed by atoms with Gasteiger partial charge in [-0.1, -0.05) is 54.6 Å². The first-order chi connectivity index (χ1) is 15.0. The summed E-state index contributed by atoms with van der Waals surface area (Å²) in [6.07, 6.45) is -0.167. The molecule has 4 rings (SSSR count). The van der Waals surface area contributed by atoms with Crippen LogP contribution < -0.4 is 14.8 Å². The van der Waals surface area contributed by atoms with Crippen LogP contribution in [0, 0.1) is 13.8 Å². The number of amides is 1. The summed E-state index contributed by atoms with van der Waals surface area (Å²) in [5.74, 6) is 1.43. The van der Waals surface area contributed by atoms with Crippen LogP contribution in [0.4, 0.5) is 5.69 Å². The quantitative estimate of drug-likeness (QED) is 0.630. The van der Waals surface area contributed by atoms with E-state index in [-0.39, 0.29) is 12.0 Å². The molecule has 0 spiro atoms. The van der Waals surface area contributed by atoms with Gasteiger partial charge in [0.1, 0.15) is 18.8 Å². The van der Waals surface area contributed by atoms with E-state index in [1.54, 1.807) is 0 Å². The number of benzene rings is 3. The molecule has 0 aromatic heterocycles. The van der Waals surface area contributed by atoms with E-state index >= 15 is 0 Å². The molecule has 0 fully saturated rings. The molecule has 1 aliphatic rings. The number of carbonyl (C=O) groups is 1. The van der Waals surface area contributed by atoms with Crippen molar-refractivity contribution in [2.24, 2.45) is 0 Å². The molecule has 1 amide bonds. The second-order valence-corrected chi connectivity index (χ2v) is 8.06. The van der Waals surface area contributed by atoms with Crippen molar-refractivity contribution in [1.82, 2.24) is 4.90 Å². The van der Waals surface area contributed by atoms with Crippen molar-refractivity contribution in [3.8, 4) is 11.5 Å². The molecular weight excluding hydrogens is 388 g/mol. The highest BCUT2D eigenvalue weighted by molar-refractivity contribution is 5.96. The number of likely N-dealkylation sites (N-methyl/N-ethyl adjacent to an activating group) is 1. The number of hydrogen-bond acceptors (Lipinski definition) is 4. The smallest absolute Gasteiger partial charge is 0.246 e. The molecule has 160 valence electrons. The molecule has 0 bridgehead atoms. The number of aryl methyl sites for hydroxylation is 2. The van der Waals surface area contributed by atoms with Gasteiger partial charge in [-0.2, -0.15) is 0 Å². The number of carbonyl (C=O) groups excluding carboxylic acids is 1. The summed E-state index contributed by atoms with van der Waals surface area (Å²) in [4.78, 5) is 15.5. The van der Waals surface area contributed by atoms with Gasteiger partial charge in [0.2, 0.25) is 5.91 Å². The van der Waals surface area contributed by atoms with Gasteiger partial charge in [-0.05, 0) is 55.8 Å². The van der Waals surface area contributed by atoms with Gasteiger partial charge in [0.15, 0.2) is 11.5 Å². The van der Waals surface area contributed by atoms with Crippen molar-refractivity contribution in [2.75, 3.05) is 25.5 Å². The van der Waals surface area contributed by atoms with E-state index in [0.29, 0.717) is 13.2 Å². The largest absolute Gasteiger partial charge is 0.486 e. The average Bonchev–Trinajstić information content (AvgIpc) is 2.77. The number of fused-ring (bicyclic) bond motifs is 1.